The van der Waals surface area contributed by atoms with Crippen LogP contribution in [0.1, 0.15) is 26.7 Å². The van der Waals surface area contributed by atoms with E-state index in [1.54, 1.807) is 13.8 Å². The molecule has 24 heavy (non-hydrogen) atoms. The highest BCUT2D eigenvalue weighted by atomic mass is 32.3. The summed E-state index contributed by atoms with van der Waals surface area (Å²) in [6, 6.07) is -2.25. The number of nitrogens with zero attached hydrogens (tertiary/aromatic N) is 3. The lowest BCUT2D eigenvalue weighted by atomic mass is 10.0. The van der Waals surface area contributed by atoms with Gasteiger partial charge in [0.25, 0.3) is 5.91 Å². The van der Waals surface area contributed by atoms with Crippen LogP contribution in [0.25, 0.3) is 0 Å². The molecule has 12 heteroatoms. The molecular formula is C12H20N4O7S. The summed E-state index contributed by atoms with van der Waals surface area (Å²) in [5.41, 5.74) is 2.42. The van der Waals surface area contributed by atoms with Gasteiger partial charge in [-0.25, -0.2) is 4.79 Å². The average Bonchev–Trinajstić information content (AvgIpc) is 2.69. The van der Waals surface area contributed by atoms with Crippen LogP contribution in [0.5, 0.6) is 0 Å². The summed E-state index contributed by atoms with van der Waals surface area (Å²) in [5, 5.41) is 1.62. The van der Waals surface area contributed by atoms with E-state index in [4.69, 9.17) is 4.55 Å². The van der Waals surface area contributed by atoms with Crippen molar-refractivity contribution in [3.05, 3.63) is 0 Å². The normalized spacial score (nSPS) is 23.6. The van der Waals surface area contributed by atoms with Gasteiger partial charge in [0.15, 0.2) is 0 Å². The number of nitrogens with one attached hydrogen (secondary N) is 1. The smallest absolute Gasteiger partial charge is 0.309 e. The van der Waals surface area contributed by atoms with E-state index in [2.05, 4.69) is 9.71 Å². The van der Waals surface area contributed by atoms with E-state index in [1.807, 2.05) is 0 Å². The van der Waals surface area contributed by atoms with Crippen LogP contribution >= 0.6 is 0 Å². The Morgan fingerprint density at radius 2 is 2.00 bits per heavy atom. The Morgan fingerprint density at radius 1 is 1.38 bits per heavy atom. The second-order valence-electron chi connectivity index (χ2n) is 6.04. The van der Waals surface area contributed by atoms with Crippen molar-refractivity contribution in [1.82, 2.24) is 20.4 Å². The van der Waals surface area contributed by atoms with E-state index in [9.17, 15) is 22.8 Å². The topological polar surface area (TPSA) is 137 Å². The maximum atomic E-state index is 12.3. The summed E-state index contributed by atoms with van der Waals surface area (Å²) in [7, 11) is -3.42. The van der Waals surface area contributed by atoms with Crippen LogP contribution in [-0.4, -0.2) is 71.5 Å². The molecule has 0 radical (unpaired) electrons. The molecule has 2 rings (SSSR count). The fourth-order valence-corrected chi connectivity index (χ4v) is 3.17. The zero-order chi connectivity index (χ0) is 18.2. The fourth-order valence-electron chi connectivity index (χ4n) is 2.79. The lowest BCUT2D eigenvalue weighted by Gasteiger charge is -2.31. The lowest BCUT2D eigenvalue weighted by molar-refractivity contribution is -0.144. The molecule has 2 heterocycles. The summed E-state index contributed by atoms with van der Waals surface area (Å²) in [6.07, 6.45) is 0.592. The maximum absolute atomic E-state index is 12.3. The first-order chi connectivity index (χ1) is 11.0. The highest BCUT2D eigenvalue weighted by molar-refractivity contribution is 7.80. The lowest BCUT2D eigenvalue weighted by Crippen LogP contribution is -2.55. The number of hydrogen-bond acceptors (Lipinski definition) is 6. The Balaban J connectivity index is 2.06. The van der Waals surface area contributed by atoms with Crippen LogP contribution in [-0.2, 0) is 24.3 Å². The molecule has 1 unspecified atom stereocenters. The highest BCUT2D eigenvalue weighted by Gasteiger charge is 2.49. The molecule has 2 bridgehead atoms. The molecule has 2 saturated heterocycles. The SMILES string of the molecule is CC(C)C(=O)N(C)NC(=O)[C@@H]1CCC2CN1C(=O)N2OS(=O)(=O)O. The van der Waals surface area contributed by atoms with Gasteiger partial charge in [0.2, 0.25) is 5.91 Å². The van der Waals surface area contributed by atoms with E-state index in [1.165, 1.54) is 7.05 Å². The molecule has 2 N–H and O–H groups in total. The van der Waals surface area contributed by atoms with Gasteiger partial charge >= 0.3 is 16.4 Å². The standard InChI is InChI=1S/C12H20N4O7S/c1-7(2)11(18)14(3)13-10(17)9-5-4-8-6-15(9)12(19)16(8)23-24(20,21)22/h7-9H,4-6H2,1-3H3,(H,13,17)(H,20,21,22)/t8?,9-/m0/s1. The Morgan fingerprint density at radius 3 is 2.54 bits per heavy atom. The quantitative estimate of drug-likeness (QED) is 0.489. The number of hydrogen-bond donors (Lipinski definition) is 2. The van der Waals surface area contributed by atoms with Crippen LogP contribution in [0.2, 0.25) is 0 Å². The zero-order valence-corrected chi connectivity index (χ0v) is 14.3. The second kappa shape index (κ2) is 6.53. The number of hydrazine groups is 1. The number of carbonyl (C=O) groups is 3. The van der Waals surface area contributed by atoms with Crippen LogP contribution in [0, 0.1) is 5.92 Å². The van der Waals surface area contributed by atoms with E-state index >= 15 is 0 Å². The van der Waals surface area contributed by atoms with Crippen molar-refractivity contribution in [3.8, 4) is 0 Å². The van der Waals surface area contributed by atoms with E-state index in [-0.39, 0.29) is 24.8 Å². The Bertz CT molecular complexity index is 650. The minimum atomic E-state index is -4.83. The van der Waals surface area contributed by atoms with Crippen molar-refractivity contribution in [2.24, 2.45) is 5.92 Å². The number of rotatable bonds is 4. The number of carbonyl (C=O) groups excluding carboxylic acids is 3. The number of amides is 4. The van der Waals surface area contributed by atoms with Crippen LogP contribution < -0.4 is 5.43 Å². The third-order valence-corrected chi connectivity index (χ3v) is 4.25. The predicted octanol–water partition coefficient (Wildman–Crippen LogP) is -0.865. The fraction of sp³-hybridized carbons (Fsp3) is 0.750. The average molecular weight is 364 g/mol. The molecule has 0 spiro atoms. The van der Waals surface area contributed by atoms with Crippen LogP contribution in [0.3, 0.4) is 0 Å². The van der Waals surface area contributed by atoms with Gasteiger partial charge in [0.05, 0.1) is 6.04 Å². The Hall–Kier alpha value is -1.92. The summed E-state index contributed by atoms with van der Waals surface area (Å²) in [4.78, 5) is 37.5. The first-order valence-corrected chi connectivity index (χ1v) is 8.72. The summed E-state index contributed by atoms with van der Waals surface area (Å²) >= 11 is 0. The molecule has 0 saturated carbocycles. The Labute approximate surface area is 139 Å². The summed E-state index contributed by atoms with van der Waals surface area (Å²) in [6.45, 7) is 3.46. The number of hydroxylamine groups is 2. The van der Waals surface area contributed by atoms with Gasteiger partial charge in [-0.15, -0.1) is 4.28 Å². The third kappa shape index (κ3) is 3.76. The zero-order valence-electron chi connectivity index (χ0n) is 13.5. The van der Waals surface area contributed by atoms with Crippen molar-refractivity contribution in [2.45, 2.75) is 38.8 Å². The van der Waals surface area contributed by atoms with Crippen molar-refractivity contribution in [2.75, 3.05) is 13.6 Å². The number of piperidine rings is 1. The van der Waals surface area contributed by atoms with Crippen molar-refractivity contribution in [3.63, 3.8) is 0 Å². The molecule has 0 aromatic carbocycles. The minimum absolute atomic E-state index is 0.0915. The summed E-state index contributed by atoms with van der Waals surface area (Å²) in [5.74, 6) is -1.15. The minimum Gasteiger partial charge on any atom is -0.309 e. The van der Waals surface area contributed by atoms with Gasteiger partial charge in [0, 0.05) is 19.5 Å². The van der Waals surface area contributed by atoms with Gasteiger partial charge in [-0.05, 0) is 12.8 Å². The van der Waals surface area contributed by atoms with Crippen molar-refractivity contribution < 1.29 is 31.6 Å². The van der Waals surface area contributed by atoms with Gasteiger partial charge < -0.3 is 4.90 Å². The molecule has 11 nitrogen and oxygen atoms in total. The monoisotopic (exact) mass is 364 g/mol. The number of fused-ring (bicyclic) bond motifs is 2. The molecule has 4 amide bonds. The van der Waals surface area contributed by atoms with E-state index < -0.39 is 34.4 Å². The van der Waals surface area contributed by atoms with Gasteiger partial charge in [0.1, 0.15) is 6.04 Å². The molecular weight excluding hydrogens is 344 g/mol. The van der Waals surface area contributed by atoms with E-state index in [0.29, 0.717) is 11.5 Å². The molecule has 2 aliphatic rings. The van der Waals surface area contributed by atoms with Crippen LogP contribution in [0.4, 0.5) is 4.79 Å². The maximum Gasteiger partial charge on any atom is 0.418 e. The van der Waals surface area contributed by atoms with Crippen molar-refractivity contribution >= 4 is 28.2 Å². The molecule has 2 atom stereocenters. The molecule has 2 fully saturated rings. The second-order valence-corrected chi connectivity index (χ2v) is 7.04. The van der Waals surface area contributed by atoms with E-state index in [0.717, 1.165) is 9.91 Å². The molecule has 2 aliphatic heterocycles. The van der Waals surface area contributed by atoms with Gasteiger partial charge in [-0.3, -0.25) is 24.6 Å². The molecule has 0 aliphatic carbocycles. The van der Waals surface area contributed by atoms with Gasteiger partial charge in [-0.1, -0.05) is 13.8 Å². The molecule has 0 aromatic rings. The first-order valence-electron chi connectivity index (χ1n) is 7.36. The van der Waals surface area contributed by atoms with Crippen molar-refractivity contribution in [1.29, 1.82) is 0 Å². The highest BCUT2D eigenvalue weighted by Crippen LogP contribution is 2.30. The predicted molar refractivity (Wildman–Crippen MR) is 79.1 cm³/mol. The molecule has 0 aromatic heterocycles. The third-order valence-electron chi connectivity index (χ3n) is 3.90. The van der Waals surface area contributed by atoms with Crippen LogP contribution in [0.15, 0.2) is 0 Å². The van der Waals surface area contributed by atoms with Gasteiger partial charge in [-0.2, -0.15) is 13.5 Å². The summed E-state index contributed by atoms with van der Waals surface area (Å²) < 4.78 is 34.7. The first kappa shape index (κ1) is 18.4. The largest absolute Gasteiger partial charge is 0.418 e. The molecule has 136 valence electrons. The number of urea groups is 1. The Kier molecular flexibility index (Phi) is 5.01.